The zero-order chi connectivity index (χ0) is 14.5. The van der Waals surface area contributed by atoms with Gasteiger partial charge in [-0.1, -0.05) is 13.8 Å². The summed E-state index contributed by atoms with van der Waals surface area (Å²) in [6, 6.07) is 3.54. The molecule has 0 spiro atoms. The molecule has 0 saturated carbocycles. The molecule has 0 aromatic carbocycles. The number of aliphatic hydroxyl groups excluding tert-OH is 1. The second kappa shape index (κ2) is 6.47. The van der Waals surface area contributed by atoms with Gasteiger partial charge < -0.3 is 9.84 Å². The minimum absolute atomic E-state index is 0.417. The molecular formula is C14H20N4O2. The fraction of sp³-hybridized carbons (Fsp3) is 0.500. The van der Waals surface area contributed by atoms with Crippen molar-refractivity contribution in [2.24, 2.45) is 5.92 Å². The van der Waals surface area contributed by atoms with Crippen LogP contribution in [0.15, 0.2) is 24.7 Å². The summed E-state index contributed by atoms with van der Waals surface area (Å²) in [5.41, 5.74) is 0.741. The smallest absolute Gasteiger partial charge is 0.212 e. The van der Waals surface area contributed by atoms with E-state index in [0.717, 1.165) is 17.9 Å². The van der Waals surface area contributed by atoms with Crippen LogP contribution in [-0.2, 0) is 13.0 Å². The van der Waals surface area contributed by atoms with Gasteiger partial charge in [0, 0.05) is 25.2 Å². The molecule has 2 rings (SSSR count). The van der Waals surface area contributed by atoms with Crippen LogP contribution in [0.4, 0.5) is 0 Å². The predicted molar refractivity (Wildman–Crippen MR) is 74.3 cm³/mol. The van der Waals surface area contributed by atoms with Crippen LogP contribution in [-0.4, -0.2) is 32.0 Å². The molecule has 0 aliphatic carbocycles. The maximum Gasteiger partial charge on any atom is 0.212 e. The van der Waals surface area contributed by atoms with Crippen LogP contribution in [0.1, 0.15) is 31.3 Å². The monoisotopic (exact) mass is 276 g/mol. The molecular weight excluding hydrogens is 256 g/mol. The van der Waals surface area contributed by atoms with Gasteiger partial charge in [-0.2, -0.15) is 5.10 Å². The first-order valence-electron chi connectivity index (χ1n) is 6.65. The maximum atomic E-state index is 10.3. The van der Waals surface area contributed by atoms with E-state index < -0.39 is 6.10 Å². The van der Waals surface area contributed by atoms with Crippen molar-refractivity contribution in [3.63, 3.8) is 0 Å². The van der Waals surface area contributed by atoms with E-state index in [9.17, 15) is 5.11 Å². The van der Waals surface area contributed by atoms with E-state index in [2.05, 4.69) is 28.9 Å². The molecule has 2 heterocycles. The number of aliphatic hydroxyl groups is 1. The van der Waals surface area contributed by atoms with Crippen LogP contribution in [0, 0.1) is 5.92 Å². The molecule has 0 bridgehead atoms. The van der Waals surface area contributed by atoms with Crippen molar-refractivity contribution in [2.75, 3.05) is 7.11 Å². The maximum absolute atomic E-state index is 10.3. The molecule has 6 heteroatoms. The van der Waals surface area contributed by atoms with E-state index in [1.807, 2.05) is 4.68 Å². The normalized spacial score (nSPS) is 12.7. The summed E-state index contributed by atoms with van der Waals surface area (Å²) >= 11 is 0. The highest BCUT2D eigenvalue weighted by Crippen LogP contribution is 2.18. The lowest BCUT2D eigenvalue weighted by molar-refractivity contribution is 0.173. The topological polar surface area (TPSA) is 73.1 Å². The van der Waals surface area contributed by atoms with Crippen LogP contribution in [0.25, 0.3) is 0 Å². The fourth-order valence-electron chi connectivity index (χ4n) is 1.94. The van der Waals surface area contributed by atoms with Crippen molar-refractivity contribution >= 4 is 0 Å². The van der Waals surface area contributed by atoms with Crippen LogP contribution in [0.3, 0.4) is 0 Å². The van der Waals surface area contributed by atoms with Crippen molar-refractivity contribution in [1.82, 2.24) is 19.7 Å². The SMILES string of the molecule is COc1ccc(C(O)Cc2ncnn2CC(C)C)cn1. The molecule has 0 saturated heterocycles. The second-order valence-corrected chi connectivity index (χ2v) is 5.11. The van der Waals surface area contributed by atoms with Gasteiger partial charge in [0.25, 0.3) is 0 Å². The van der Waals surface area contributed by atoms with E-state index >= 15 is 0 Å². The van der Waals surface area contributed by atoms with Gasteiger partial charge in [-0.3, -0.25) is 0 Å². The summed E-state index contributed by atoms with van der Waals surface area (Å²) in [6.45, 7) is 5.04. The molecule has 0 amide bonds. The van der Waals surface area contributed by atoms with Crippen molar-refractivity contribution in [3.8, 4) is 5.88 Å². The van der Waals surface area contributed by atoms with Crippen LogP contribution < -0.4 is 4.74 Å². The number of hydrogen-bond donors (Lipinski definition) is 1. The molecule has 0 aliphatic rings. The van der Waals surface area contributed by atoms with Gasteiger partial charge in [0.15, 0.2) is 0 Å². The van der Waals surface area contributed by atoms with Crippen LogP contribution in [0.5, 0.6) is 5.88 Å². The van der Waals surface area contributed by atoms with Crippen LogP contribution >= 0.6 is 0 Å². The lowest BCUT2D eigenvalue weighted by atomic mass is 10.1. The summed E-state index contributed by atoms with van der Waals surface area (Å²) in [4.78, 5) is 8.31. The van der Waals surface area contributed by atoms with Gasteiger partial charge in [-0.15, -0.1) is 0 Å². The summed E-state index contributed by atoms with van der Waals surface area (Å²) in [7, 11) is 1.56. The average Bonchev–Trinajstić information content (AvgIpc) is 2.85. The standard InChI is InChI=1S/C14H20N4O2/c1-10(2)8-18-13(16-9-17-18)6-12(19)11-4-5-14(20-3)15-7-11/h4-5,7,9-10,12,19H,6,8H2,1-3H3. The molecule has 0 fully saturated rings. The van der Waals surface area contributed by atoms with E-state index in [4.69, 9.17) is 4.74 Å². The molecule has 20 heavy (non-hydrogen) atoms. The Morgan fingerprint density at radius 2 is 2.10 bits per heavy atom. The summed E-state index contributed by atoms with van der Waals surface area (Å²) in [5, 5.41) is 14.4. The van der Waals surface area contributed by atoms with Gasteiger partial charge in [0.05, 0.1) is 13.2 Å². The number of ether oxygens (including phenoxy) is 1. The minimum Gasteiger partial charge on any atom is -0.481 e. The predicted octanol–water partition coefficient (Wildman–Crippen LogP) is 1.61. The van der Waals surface area contributed by atoms with Crippen LogP contribution in [0.2, 0.25) is 0 Å². The number of methoxy groups -OCH3 is 1. The zero-order valence-electron chi connectivity index (χ0n) is 12.0. The Balaban J connectivity index is 2.06. The molecule has 2 aromatic heterocycles. The molecule has 6 nitrogen and oxygen atoms in total. The van der Waals surface area contributed by atoms with E-state index in [0.29, 0.717) is 18.2 Å². The molecule has 1 atom stereocenters. The third-order valence-electron chi connectivity index (χ3n) is 2.96. The number of nitrogens with zero attached hydrogens (tertiary/aromatic N) is 4. The third-order valence-corrected chi connectivity index (χ3v) is 2.96. The lowest BCUT2D eigenvalue weighted by Gasteiger charge is -2.12. The number of aromatic nitrogens is 4. The first-order valence-corrected chi connectivity index (χ1v) is 6.65. The fourth-order valence-corrected chi connectivity index (χ4v) is 1.94. The lowest BCUT2D eigenvalue weighted by Crippen LogP contribution is -2.13. The highest BCUT2D eigenvalue weighted by Gasteiger charge is 2.14. The summed E-state index contributed by atoms with van der Waals surface area (Å²) in [6.07, 6.45) is 2.91. The van der Waals surface area contributed by atoms with Gasteiger partial charge in [-0.25, -0.2) is 14.6 Å². The number of pyridine rings is 1. The van der Waals surface area contributed by atoms with Crippen molar-refractivity contribution in [3.05, 3.63) is 36.0 Å². The largest absolute Gasteiger partial charge is 0.481 e. The van der Waals surface area contributed by atoms with Gasteiger partial charge >= 0.3 is 0 Å². The Hall–Kier alpha value is -1.95. The molecule has 0 aliphatic heterocycles. The molecule has 1 unspecified atom stereocenters. The Kier molecular flexibility index (Phi) is 4.68. The first-order chi connectivity index (χ1) is 9.60. The quantitative estimate of drug-likeness (QED) is 0.867. The van der Waals surface area contributed by atoms with E-state index in [1.165, 1.54) is 6.33 Å². The van der Waals surface area contributed by atoms with Crippen molar-refractivity contribution in [1.29, 1.82) is 0 Å². The Labute approximate surface area is 118 Å². The summed E-state index contributed by atoms with van der Waals surface area (Å²) in [5.74, 6) is 1.79. The van der Waals surface area contributed by atoms with Gasteiger partial charge in [0.1, 0.15) is 12.2 Å². The van der Waals surface area contributed by atoms with Gasteiger partial charge in [0.2, 0.25) is 5.88 Å². The first kappa shape index (κ1) is 14.5. The molecule has 1 N–H and O–H groups in total. The average molecular weight is 276 g/mol. The van der Waals surface area contributed by atoms with E-state index in [1.54, 1.807) is 25.4 Å². The Morgan fingerprint density at radius 3 is 2.70 bits per heavy atom. The molecule has 108 valence electrons. The molecule has 2 aromatic rings. The second-order valence-electron chi connectivity index (χ2n) is 5.11. The highest BCUT2D eigenvalue weighted by atomic mass is 16.5. The third kappa shape index (κ3) is 3.54. The number of hydrogen-bond acceptors (Lipinski definition) is 5. The highest BCUT2D eigenvalue weighted by molar-refractivity contribution is 5.20. The van der Waals surface area contributed by atoms with Crippen molar-refractivity contribution < 1.29 is 9.84 Å². The number of rotatable bonds is 6. The molecule has 0 radical (unpaired) electrons. The Bertz CT molecular complexity index is 536. The minimum atomic E-state index is -0.650. The zero-order valence-corrected chi connectivity index (χ0v) is 12.0. The summed E-state index contributed by atoms with van der Waals surface area (Å²) < 4.78 is 6.84. The van der Waals surface area contributed by atoms with Crippen molar-refractivity contribution in [2.45, 2.75) is 32.9 Å². The Morgan fingerprint density at radius 1 is 1.30 bits per heavy atom. The van der Waals surface area contributed by atoms with Gasteiger partial charge in [-0.05, 0) is 17.5 Å². The van der Waals surface area contributed by atoms with E-state index in [-0.39, 0.29) is 0 Å².